The zero-order valence-electron chi connectivity index (χ0n) is 8.39. The van der Waals surface area contributed by atoms with Crippen molar-refractivity contribution in [2.24, 2.45) is 0 Å². The van der Waals surface area contributed by atoms with E-state index < -0.39 is 0 Å². The van der Waals surface area contributed by atoms with Crippen molar-refractivity contribution in [3.05, 3.63) is 46.3 Å². The monoisotopic (exact) mass is 265 g/mol. The minimum absolute atomic E-state index is 0.0866. The Morgan fingerprint density at radius 1 is 1.18 bits per heavy atom. The maximum atomic E-state index is 8.83. The van der Waals surface area contributed by atoms with Crippen molar-refractivity contribution in [1.82, 2.24) is 9.97 Å². The van der Waals surface area contributed by atoms with E-state index in [1.54, 1.807) is 18.2 Å². The van der Waals surface area contributed by atoms with Gasteiger partial charge in [-0.2, -0.15) is 5.26 Å². The summed E-state index contributed by atoms with van der Waals surface area (Å²) in [5, 5.41) is 9.46. The summed E-state index contributed by atoms with van der Waals surface area (Å²) in [6, 6.07) is 6.83. The van der Waals surface area contributed by atoms with Crippen LogP contribution in [0, 0.1) is 11.3 Å². The van der Waals surface area contributed by atoms with E-state index in [1.807, 2.05) is 6.07 Å². The zero-order chi connectivity index (χ0) is 12.3. The standard InChI is InChI=1S/C11H5Cl2N3O/c12-7-2-1-3-9(10(7)13)17-11-8(6-14)15-4-5-16-11/h1-5H. The summed E-state index contributed by atoms with van der Waals surface area (Å²) in [4.78, 5) is 7.73. The molecular formula is C11H5Cl2N3O. The van der Waals surface area contributed by atoms with Crippen molar-refractivity contribution in [3.8, 4) is 17.7 Å². The van der Waals surface area contributed by atoms with Gasteiger partial charge in [-0.1, -0.05) is 29.3 Å². The fourth-order valence-corrected chi connectivity index (χ4v) is 1.47. The van der Waals surface area contributed by atoms with Crippen LogP contribution < -0.4 is 4.74 Å². The molecular weight excluding hydrogens is 261 g/mol. The molecule has 0 atom stereocenters. The minimum Gasteiger partial charge on any atom is -0.435 e. The quantitative estimate of drug-likeness (QED) is 0.835. The van der Waals surface area contributed by atoms with E-state index in [9.17, 15) is 0 Å². The summed E-state index contributed by atoms with van der Waals surface area (Å²) in [5.41, 5.74) is 0.0866. The lowest BCUT2D eigenvalue weighted by Gasteiger charge is -2.07. The molecule has 2 aromatic rings. The Hall–Kier alpha value is -1.83. The van der Waals surface area contributed by atoms with Crippen molar-refractivity contribution in [1.29, 1.82) is 5.26 Å². The van der Waals surface area contributed by atoms with Crippen molar-refractivity contribution in [3.63, 3.8) is 0 Å². The molecule has 1 aromatic heterocycles. The molecule has 0 aliphatic carbocycles. The van der Waals surface area contributed by atoms with Crippen molar-refractivity contribution >= 4 is 23.2 Å². The first kappa shape index (κ1) is 11.6. The first-order chi connectivity index (χ1) is 8.22. The second-order valence-electron chi connectivity index (χ2n) is 2.98. The van der Waals surface area contributed by atoms with Crippen LogP contribution in [0.15, 0.2) is 30.6 Å². The van der Waals surface area contributed by atoms with Gasteiger partial charge >= 0.3 is 0 Å². The smallest absolute Gasteiger partial charge is 0.256 e. The van der Waals surface area contributed by atoms with E-state index in [2.05, 4.69) is 9.97 Å². The van der Waals surface area contributed by atoms with E-state index >= 15 is 0 Å². The molecule has 1 aromatic carbocycles. The summed E-state index contributed by atoms with van der Waals surface area (Å²) < 4.78 is 5.40. The van der Waals surface area contributed by atoms with Gasteiger partial charge in [0.1, 0.15) is 16.8 Å². The third-order valence-corrected chi connectivity index (χ3v) is 2.69. The fraction of sp³-hybridized carbons (Fsp3) is 0. The summed E-state index contributed by atoms with van der Waals surface area (Å²) in [7, 11) is 0. The molecule has 0 saturated heterocycles. The topological polar surface area (TPSA) is 58.8 Å². The van der Waals surface area contributed by atoms with Crippen LogP contribution in [0.2, 0.25) is 10.0 Å². The highest BCUT2D eigenvalue weighted by Crippen LogP contribution is 2.34. The van der Waals surface area contributed by atoms with Crippen LogP contribution in [0.4, 0.5) is 0 Å². The van der Waals surface area contributed by atoms with Gasteiger partial charge in [-0.15, -0.1) is 0 Å². The van der Waals surface area contributed by atoms with Crippen molar-refractivity contribution in [2.75, 3.05) is 0 Å². The predicted molar refractivity (Wildman–Crippen MR) is 63.3 cm³/mol. The lowest BCUT2D eigenvalue weighted by atomic mass is 10.3. The van der Waals surface area contributed by atoms with Crippen LogP contribution >= 0.6 is 23.2 Å². The third-order valence-electron chi connectivity index (χ3n) is 1.89. The van der Waals surface area contributed by atoms with Crippen molar-refractivity contribution in [2.45, 2.75) is 0 Å². The Kier molecular flexibility index (Phi) is 3.43. The lowest BCUT2D eigenvalue weighted by molar-refractivity contribution is 0.458. The molecule has 0 unspecified atom stereocenters. The molecule has 2 rings (SSSR count). The molecule has 6 heteroatoms. The molecule has 0 radical (unpaired) electrons. The van der Waals surface area contributed by atoms with Gasteiger partial charge < -0.3 is 4.74 Å². The van der Waals surface area contributed by atoms with Crippen LogP contribution in [-0.4, -0.2) is 9.97 Å². The molecule has 17 heavy (non-hydrogen) atoms. The second kappa shape index (κ2) is 5.00. The number of ether oxygens (including phenoxy) is 1. The number of benzene rings is 1. The highest BCUT2D eigenvalue weighted by atomic mass is 35.5. The average Bonchev–Trinajstić information content (AvgIpc) is 2.35. The SMILES string of the molecule is N#Cc1nccnc1Oc1cccc(Cl)c1Cl. The Morgan fingerprint density at radius 2 is 1.94 bits per heavy atom. The van der Waals surface area contributed by atoms with Gasteiger partial charge in [0.25, 0.3) is 5.88 Å². The van der Waals surface area contributed by atoms with Gasteiger partial charge in [-0.25, -0.2) is 9.97 Å². The molecule has 0 aliphatic rings. The molecule has 84 valence electrons. The van der Waals surface area contributed by atoms with Crippen LogP contribution in [-0.2, 0) is 0 Å². The molecule has 0 fully saturated rings. The molecule has 4 nitrogen and oxygen atoms in total. The highest BCUT2D eigenvalue weighted by Gasteiger charge is 2.11. The van der Waals surface area contributed by atoms with Crippen LogP contribution in [0.3, 0.4) is 0 Å². The van der Waals surface area contributed by atoms with E-state index in [1.165, 1.54) is 12.4 Å². The molecule has 0 spiro atoms. The summed E-state index contributed by atoms with van der Waals surface area (Å²) in [6.07, 6.45) is 2.83. The maximum Gasteiger partial charge on any atom is 0.256 e. The molecule has 0 aliphatic heterocycles. The van der Waals surface area contributed by atoms with Gasteiger partial charge in [0.2, 0.25) is 5.69 Å². The Balaban J connectivity index is 2.39. The zero-order valence-corrected chi connectivity index (χ0v) is 9.90. The second-order valence-corrected chi connectivity index (χ2v) is 3.76. The van der Waals surface area contributed by atoms with Gasteiger partial charge in [-0.05, 0) is 12.1 Å². The van der Waals surface area contributed by atoms with Crippen LogP contribution in [0.25, 0.3) is 0 Å². The van der Waals surface area contributed by atoms with E-state index in [-0.39, 0.29) is 16.6 Å². The fourth-order valence-electron chi connectivity index (χ4n) is 1.14. The largest absolute Gasteiger partial charge is 0.435 e. The molecule has 0 N–H and O–H groups in total. The molecule has 0 amide bonds. The molecule has 0 bridgehead atoms. The highest BCUT2D eigenvalue weighted by molar-refractivity contribution is 6.42. The lowest BCUT2D eigenvalue weighted by Crippen LogP contribution is -1.94. The first-order valence-corrected chi connectivity index (χ1v) is 5.31. The predicted octanol–water partition coefficient (Wildman–Crippen LogP) is 3.45. The van der Waals surface area contributed by atoms with E-state index in [0.717, 1.165) is 0 Å². The number of hydrogen-bond donors (Lipinski definition) is 0. The Labute approximate surface area is 107 Å². The van der Waals surface area contributed by atoms with E-state index in [4.69, 9.17) is 33.2 Å². The normalized spacial score (nSPS) is 9.71. The third kappa shape index (κ3) is 2.47. The number of hydrogen-bond acceptors (Lipinski definition) is 4. The van der Waals surface area contributed by atoms with Gasteiger partial charge in [0, 0.05) is 12.4 Å². The van der Waals surface area contributed by atoms with Gasteiger partial charge in [-0.3, -0.25) is 0 Å². The Bertz CT molecular complexity index is 596. The number of halogens is 2. The van der Waals surface area contributed by atoms with Crippen LogP contribution in [0.5, 0.6) is 11.6 Å². The summed E-state index contributed by atoms with van der Waals surface area (Å²) in [5.74, 6) is 0.426. The number of aromatic nitrogens is 2. The van der Waals surface area contributed by atoms with Gasteiger partial charge in [0.05, 0.1) is 5.02 Å². The van der Waals surface area contributed by atoms with Gasteiger partial charge in [0.15, 0.2) is 0 Å². The first-order valence-electron chi connectivity index (χ1n) is 4.55. The number of nitrogens with zero attached hydrogens (tertiary/aromatic N) is 3. The molecule has 0 saturated carbocycles. The number of nitriles is 1. The summed E-state index contributed by atoms with van der Waals surface area (Å²) in [6.45, 7) is 0. The molecule has 1 heterocycles. The van der Waals surface area contributed by atoms with E-state index in [0.29, 0.717) is 10.8 Å². The minimum atomic E-state index is 0.0866. The average molecular weight is 266 g/mol. The Morgan fingerprint density at radius 3 is 2.71 bits per heavy atom. The maximum absolute atomic E-state index is 8.83. The number of rotatable bonds is 2. The summed E-state index contributed by atoms with van der Waals surface area (Å²) >= 11 is 11.8. The van der Waals surface area contributed by atoms with Crippen LogP contribution in [0.1, 0.15) is 5.69 Å². The van der Waals surface area contributed by atoms with Crippen molar-refractivity contribution < 1.29 is 4.74 Å².